The highest BCUT2D eigenvalue weighted by molar-refractivity contribution is 6.32. The molecule has 0 saturated carbocycles. The van der Waals surface area contributed by atoms with Gasteiger partial charge in [-0.25, -0.2) is 4.79 Å². The lowest BCUT2D eigenvalue weighted by Gasteiger charge is -2.07. The summed E-state index contributed by atoms with van der Waals surface area (Å²) < 4.78 is 9.00. The Balaban J connectivity index is 2.46. The number of hydrogen-bond acceptors (Lipinski definition) is 8. The van der Waals surface area contributed by atoms with E-state index in [1.807, 2.05) is 5.32 Å². The molecule has 0 bridgehead atoms. The zero-order valence-corrected chi connectivity index (χ0v) is 14.2. The first-order chi connectivity index (χ1) is 12.2. The second-order valence-corrected chi connectivity index (χ2v) is 4.94. The van der Waals surface area contributed by atoms with Gasteiger partial charge in [0.05, 0.1) is 11.5 Å². The average Bonchev–Trinajstić information content (AvgIpc) is 2.58. The van der Waals surface area contributed by atoms with Gasteiger partial charge in [-0.1, -0.05) is 11.6 Å². The normalized spacial score (nSPS) is 9.77. The van der Waals surface area contributed by atoms with Crippen LogP contribution in [0.15, 0.2) is 18.2 Å². The average molecular weight is 388 g/mol. The molecule has 11 nitrogen and oxygen atoms in total. The maximum absolute atomic E-state index is 11.9. The highest BCUT2D eigenvalue weighted by atomic mass is 35.5. The molecule has 0 aliphatic heterocycles. The number of amides is 3. The van der Waals surface area contributed by atoms with E-state index in [-0.39, 0.29) is 17.2 Å². The molecule has 0 saturated heterocycles. The van der Waals surface area contributed by atoms with Crippen LogP contribution in [0, 0.1) is 10.1 Å². The lowest BCUT2D eigenvalue weighted by molar-refractivity contribution is -0.384. The summed E-state index contributed by atoms with van der Waals surface area (Å²) in [4.78, 5) is 55.6. The van der Waals surface area contributed by atoms with E-state index in [2.05, 4.69) is 14.8 Å². The molecule has 1 aromatic rings. The number of halogens is 1. The van der Waals surface area contributed by atoms with E-state index >= 15 is 0 Å². The number of carbonyl (C=O) groups is 4. The van der Waals surface area contributed by atoms with Gasteiger partial charge in [0.2, 0.25) is 0 Å². The van der Waals surface area contributed by atoms with Gasteiger partial charge in [0.15, 0.2) is 6.61 Å². The zero-order chi connectivity index (χ0) is 19.7. The highest BCUT2D eigenvalue weighted by Gasteiger charge is 2.17. The monoisotopic (exact) mass is 387 g/mol. The number of nitro benzene ring substituents is 1. The third-order valence-corrected chi connectivity index (χ3v) is 3.00. The van der Waals surface area contributed by atoms with Gasteiger partial charge in [-0.15, -0.1) is 0 Å². The minimum Gasteiger partial charge on any atom is -0.454 e. The van der Waals surface area contributed by atoms with Crippen molar-refractivity contribution in [2.24, 2.45) is 0 Å². The van der Waals surface area contributed by atoms with Gasteiger partial charge in [0.25, 0.3) is 17.5 Å². The van der Waals surface area contributed by atoms with Crippen LogP contribution in [0.2, 0.25) is 5.02 Å². The van der Waals surface area contributed by atoms with Crippen molar-refractivity contribution in [3.63, 3.8) is 0 Å². The van der Waals surface area contributed by atoms with Crippen LogP contribution in [0.4, 0.5) is 10.5 Å². The predicted octanol–water partition coefficient (Wildman–Crippen LogP) is 0.794. The molecule has 1 aromatic carbocycles. The van der Waals surface area contributed by atoms with Crippen LogP contribution >= 0.6 is 11.6 Å². The molecule has 1 rings (SSSR count). The van der Waals surface area contributed by atoms with Crippen LogP contribution in [-0.4, -0.2) is 48.6 Å². The maximum Gasteiger partial charge on any atom is 0.413 e. The number of rotatable bonds is 7. The number of nitrogens with one attached hydrogen (secondary N) is 2. The number of ether oxygens (including phenoxy) is 2. The third kappa shape index (κ3) is 6.73. The van der Waals surface area contributed by atoms with E-state index < -0.39 is 47.6 Å². The quantitative estimate of drug-likeness (QED) is 0.395. The summed E-state index contributed by atoms with van der Waals surface area (Å²) in [5, 5.41) is 14.6. The van der Waals surface area contributed by atoms with Gasteiger partial charge in [0.1, 0.15) is 11.6 Å². The van der Waals surface area contributed by atoms with Gasteiger partial charge in [-0.05, 0) is 19.1 Å². The fourth-order valence-electron chi connectivity index (χ4n) is 1.56. The predicted molar refractivity (Wildman–Crippen MR) is 86.6 cm³/mol. The molecule has 12 heteroatoms. The molecule has 0 radical (unpaired) electrons. The smallest absolute Gasteiger partial charge is 0.413 e. The van der Waals surface area contributed by atoms with Crippen molar-refractivity contribution in [2.45, 2.75) is 6.92 Å². The molecule has 0 aliphatic rings. The lowest BCUT2D eigenvalue weighted by atomic mass is 10.2. The first-order valence-electron chi connectivity index (χ1n) is 7.09. The standard InChI is InChI=1S/C14H14ClN3O8/c1-2-25-14(22)17-11(19)7-26-12(20)6-16-13(21)8-3-4-9(15)10(5-8)18(23)24/h3-5H,2,6-7H2,1H3,(H,16,21)(H,17,19,22). The van der Waals surface area contributed by atoms with Crippen LogP contribution < -0.4 is 10.6 Å². The Labute approximate surface area is 151 Å². The van der Waals surface area contributed by atoms with Crippen LogP contribution in [0.1, 0.15) is 17.3 Å². The number of nitrogens with zero attached hydrogens (tertiary/aromatic N) is 1. The van der Waals surface area contributed by atoms with Crippen molar-refractivity contribution >= 4 is 41.2 Å². The van der Waals surface area contributed by atoms with Gasteiger partial charge >= 0.3 is 12.1 Å². The molecule has 0 atom stereocenters. The topological polar surface area (TPSA) is 154 Å². The summed E-state index contributed by atoms with van der Waals surface area (Å²) in [7, 11) is 0. The summed E-state index contributed by atoms with van der Waals surface area (Å²) in [5.74, 6) is -2.64. The van der Waals surface area contributed by atoms with E-state index in [0.29, 0.717) is 0 Å². The van der Waals surface area contributed by atoms with Gasteiger partial charge in [0, 0.05) is 11.6 Å². The second-order valence-electron chi connectivity index (χ2n) is 4.54. The van der Waals surface area contributed by atoms with Crippen molar-refractivity contribution in [1.82, 2.24) is 10.6 Å². The summed E-state index contributed by atoms with van der Waals surface area (Å²) in [5.41, 5.74) is -0.550. The largest absolute Gasteiger partial charge is 0.454 e. The van der Waals surface area contributed by atoms with Gasteiger partial charge in [-0.3, -0.25) is 29.8 Å². The van der Waals surface area contributed by atoms with E-state index in [9.17, 15) is 29.3 Å². The first kappa shape index (κ1) is 20.8. The molecule has 3 amide bonds. The number of hydrogen-bond donors (Lipinski definition) is 2. The van der Waals surface area contributed by atoms with Crippen molar-refractivity contribution in [3.05, 3.63) is 38.9 Å². The minimum atomic E-state index is -0.980. The second kappa shape index (κ2) is 9.93. The fourth-order valence-corrected chi connectivity index (χ4v) is 1.75. The molecular weight excluding hydrogens is 374 g/mol. The van der Waals surface area contributed by atoms with Gasteiger partial charge < -0.3 is 14.8 Å². The molecule has 0 heterocycles. The SMILES string of the molecule is CCOC(=O)NC(=O)COC(=O)CNC(=O)c1ccc(Cl)c([N+](=O)[O-])c1. The minimum absolute atomic E-state index is 0.0633. The van der Waals surface area contributed by atoms with Crippen LogP contribution in [0.5, 0.6) is 0 Å². The van der Waals surface area contributed by atoms with Crippen molar-refractivity contribution < 1.29 is 33.6 Å². The lowest BCUT2D eigenvalue weighted by Crippen LogP contribution is -2.36. The van der Waals surface area contributed by atoms with Crippen LogP contribution in [0.3, 0.4) is 0 Å². The molecule has 26 heavy (non-hydrogen) atoms. The number of carbonyl (C=O) groups excluding carboxylic acids is 4. The summed E-state index contributed by atoms with van der Waals surface area (Å²) in [6.45, 7) is 0.262. The Morgan fingerprint density at radius 3 is 2.54 bits per heavy atom. The molecule has 0 aliphatic carbocycles. The molecule has 0 spiro atoms. The number of esters is 1. The first-order valence-corrected chi connectivity index (χ1v) is 7.46. The highest BCUT2D eigenvalue weighted by Crippen LogP contribution is 2.24. The Kier molecular flexibility index (Phi) is 7.96. The Morgan fingerprint density at radius 1 is 1.23 bits per heavy atom. The molecule has 2 N–H and O–H groups in total. The van der Waals surface area contributed by atoms with E-state index in [0.717, 1.165) is 6.07 Å². The van der Waals surface area contributed by atoms with Crippen molar-refractivity contribution in [1.29, 1.82) is 0 Å². The van der Waals surface area contributed by atoms with Crippen LogP contribution in [-0.2, 0) is 19.1 Å². The number of benzene rings is 1. The fraction of sp³-hybridized carbons (Fsp3) is 0.286. The molecule has 0 unspecified atom stereocenters. The Morgan fingerprint density at radius 2 is 1.92 bits per heavy atom. The number of alkyl carbamates (subject to hydrolysis) is 1. The number of nitro groups is 1. The Hall–Kier alpha value is -3.21. The third-order valence-electron chi connectivity index (χ3n) is 2.68. The van der Waals surface area contributed by atoms with E-state index in [4.69, 9.17) is 11.6 Å². The Bertz CT molecular complexity index is 737. The van der Waals surface area contributed by atoms with Gasteiger partial charge in [-0.2, -0.15) is 0 Å². The summed E-state index contributed by atoms with van der Waals surface area (Å²) in [6.07, 6.45) is -0.980. The maximum atomic E-state index is 11.9. The molecule has 140 valence electrons. The summed E-state index contributed by atoms with van der Waals surface area (Å²) in [6, 6.07) is 3.37. The molecular formula is C14H14ClN3O8. The zero-order valence-electron chi connectivity index (χ0n) is 13.4. The van der Waals surface area contributed by atoms with Crippen LogP contribution in [0.25, 0.3) is 0 Å². The molecule has 0 fully saturated rings. The van der Waals surface area contributed by atoms with E-state index in [1.165, 1.54) is 12.1 Å². The molecule has 0 aromatic heterocycles. The van der Waals surface area contributed by atoms with Crippen molar-refractivity contribution in [2.75, 3.05) is 19.8 Å². The van der Waals surface area contributed by atoms with E-state index in [1.54, 1.807) is 6.92 Å². The van der Waals surface area contributed by atoms with Crippen molar-refractivity contribution in [3.8, 4) is 0 Å². The number of imide groups is 1. The summed E-state index contributed by atoms with van der Waals surface area (Å²) >= 11 is 5.63.